The molecular weight excluding hydrogens is 609 g/mol. The lowest BCUT2D eigenvalue weighted by atomic mass is 9.78. The van der Waals surface area contributed by atoms with Crippen LogP contribution < -0.4 is 10.9 Å². The average molecular weight is 643 g/mol. The third-order valence-corrected chi connectivity index (χ3v) is 8.99. The van der Waals surface area contributed by atoms with E-state index in [2.05, 4.69) is 36.3 Å². The molecule has 3 aliphatic rings. The highest BCUT2D eigenvalue weighted by Crippen LogP contribution is 2.54. The van der Waals surface area contributed by atoms with E-state index in [1.807, 2.05) is 9.80 Å². The van der Waals surface area contributed by atoms with Crippen LogP contribution in [0, 0.1) is 16.7 Å². The normalized spacial score (nSPS) is 19.0. The smallest absolute Gasteiger partial charge is 0.265 e. The van der Waals surface area contributed by atoms with Crippen LogP contribution in [0.5, 0.6) is 0 Å². The van der Waals surface area contributed by atoms with Crippen molar-refractivity contribution >= 4 is 70.3 Å². The summed E-state index contributed by atoms with van der Waals surface area (Å²) in [5.41, 5.74) is 6.99. The molecule has 9 nitrogen and oxygen atoms in total. The Morgan fingerprint density at radius 2 is 1.83 bits per heavy atom. The molecule has 5 rings (SSSR count). The highest BCUT2D eigenvalue weighted by molar-refractivity contribution is 7.11. The lowest BCUT2D eigenvalue weighted by molar-refractivity contribution is -0.144. The van der Waals surface area contributed by atoms with Crippen LogP contribution in [0.25, 0.3) is 0 Å². The lowest BCUT2D eigenvalue weighted by Crippen LogP contribution is -2.60. The van der Waals surface area contributed by atoms with Crippen molar-refractivity contribution in [1.29, 1.82) is 0 Å². The Labute approximate surface area is 259 Å². The number of thiazole rings is 1. The topological polar surface area (TPSA) is 112 Å². The number of allylic oxidation sites excluding steroid dienone is 1. The molecule has 1 aromatic heterocycles. The maximum absolute atomic E-state index is 12.4. The molecule has 0 bridgehead atoms. The lowest BCUT2D eigenvalue weighted by Gasteiger charge is -2.48. The monoisotopic (exact) mass is 641 g/mol. The number of alkyl halides is 1. The van der Waals surface area contributed by atoms with Gasteiger partial charge in [0.2, 0.25) is 18.2 Å². The predicted molar refractivity (Wildman–Crippen MR) is 162 cm³/mol. The van der Waals surface area contributed by atoms with Gasteiger partial charge in [0.1, 0.15) is 4.88 Å². The molecule has 1 unspecified atom stereocenters. The van der Waals surface area contributed by atoms with Gasteiger partial charge < -0.3 is 9.80 Å². The van der Waals surface area contributed by atoms with Crippen molar-refractivity contribution in [2.75, 3.05) is 32.1 Å². The van der Waals surface area contributed by atoms with E-state index in [1.165, 1.54) is 11.3 Å². The van der Waals surface area contributed by atoms with Crippen molar-refractivity contribution in [3.63, 3.8) is 0 Å². The molecule has 41 heavy (non-hydrogen) atoms. The number of halogens is 3. The second-order valence-corrected chi connectivity index (χ2v) is 13.0. The summed E-state index contributed by atoms with van der Waals surface area (Å²) in [4.78, 5) is 54.4. The number of nitrogens with zero attached hydrogens (tertiary/aromatic N) is 3. The predicted octanol–water partition coefficient (Wildman–Crippen LogP) is 4.59. The number of carbonyl (C=O) groups is 4. The number of aromatic nitrogens is 1. The van der Waals surface area contributed by atoms with Gasteiger partial charge in [0, 0.05) is 43.4 Å². The molecule has 2 saturated heterocycles. The quantitative estimate of drug-likeness (QED) is 0.199. The molecule has 2 aromatic rings. The summed E-state index contributed by atoms with van der Waals surface area (Å²) in [5.74, 6) is 0.858. The molecule has 1 spiro atoms. The summed E-state index contributed by atoms with van der Waals surface area (Å²) >= 11 is 17.9. The summed E-state index contributed by atoms with van der Waals surface area (Å²) < 4.78 is 0. The summed E-state index contributed by atoms with van der Waals surface area (Å²) in [6, 6.07) is 4.90. The summed E-state index contributed by atoms with van der Waals surface area (Å²) in [7, 11) is 0. The number of hydrazine groups is 1. The van der Waals surface area contributed by atoms with Crippen molar-refractivity contribution in [1.82, 2.24) is 25.6 Å². The van der Waals surface area contributed by atoms with Gasteiger partial charge in [-0.05, 0) is 36.0 Å². The van der Waals surface area contributed by atoms with E-state index in [1.54, 1.807) is 36.0 Å². The number of amides is 4. The Bertz CT molecular complexity index is 1250. The van der Waals surface area contributed by atoms with Gasteiger partial charge in [0.05, 0.1) is 28.2 Å². The molecule has 3 fully saturated rings. The van der Waals surface area contributed by atoms with Crippen LogP contribution in [0.3, 0.4) is 0 Å². The first-order valence-electron chi connectivity index (χ1n) is 13.0. The average Bonchev–Trinajstić information content (AvgIpc) is 3.33. The molecule has 1 aliphatic carbocycles. The second kappa shape index (κ2) is 14.5. The second-order valence-electron chi connectivity index (χ2n) is 11.0. The maximum atomic E-state index is 12.4. The zero-order valence-corrected chi connectivity index (χ0v) is 26.1. The number of likely N-dealkylation sites (tertiary alicyclic amines) is 2. The van der Waals surface area contributed by atoms with Crippen LogP contribution in [0.15, 0.2) is 42.6 Å². The summed E-state index contributed by atoms with van der Waals surface area (Å²) in [6.07, 6.45) is 5.82. The van der Waals surface area contributed by atoms with Crippen LogP contribution >= 0.6 is 46.1 Å². The molecule has 1 saturated carbocycles. The fraction of sp³-hybridized carbons (Fsp3) is 0.464. The molecule has 4 amide bonds. The van der Waals surface area contributed by atoms with E-state index in [0.29, 0.717) is 33.1 Å². The largest absolute Gasteiger partial charge is 0.341 e. The van der Waals surface area contributed by atoms with Crippen molar-refractivity contribution in [3.8, 4) is 0 Å². The fourth-order valence-corrected chi connectivity index (χ4v) is 5.77. The van der Waals surface area contributed by atoms with E-state index in [0.717, 1.165) is 44.6 Å². The standard InChI is InChI=1S/C16H21N3O2S.C9H8Cl2N2O2.C3H5Cl/c1-15(2)5-11(15)13(20)19-8-16(9-19)3-4-18(7-16)14(21)12-6-17-10-22-12;10-7-2-1-6(3-8(7)11)4-9(15)13-12-5-14;1-2-3-4/h6,10-11H,3-5,7-9H2,1-2H3;1-3,5H,4H2,(H,12,14)(H,13,15);2H,1,3H2. The van der Waals surface area contributed by atoms with E-state index in [4.69, 9.17) is 34.8 Å². The van der Waals surface area contributed by atoms with Gasteiger partial charge in [-0.15, -0.1) is 29.5 Å². The Morgan fingerprint density at radius 3 is 2.37 bits per heavy atom. The van der Waals surface area contributed by atoms with Crippen LogP contribution in [0.1, 0.15) is 41.9 Å². The summed E-state index contributed by atoms with van der Waals surface area (Å²) in [6.45, 7) is 10.9. The van der Waals surface area contributed by atoms with Gasteiger partial charge in [0.15, 0.2) is 0 Å². The number of benzene rings is 1. The third kappa shape index (κ3) is 8.91. The maximum Gasteiger partial charge on any atom is 0.265 e. The number of rotatable bonds is 7. The van der Waals surface area contributed by atoms with Gasteiger partial charge >= 0.3 is 0 Å². The van der Waals surface area contributed by atoms with Crippen molar-refractivity contribution in [2.45, 2.75) is 33.1 Å². The minimum atomic E-state index is -0.333. The van der Waals surface area contributed by atoms with Crippen molar-refractivity contribution in [3.05, 3.63) is 63.0 Å². The van der Waals surface area contributed by atoms with E-state index >= 15 is 0 Å². The van der Waals surface area contributed by atoms with Gasteiger partial charge in [-0.2, -0.15) is 0 Å². The molecular formula is C28H34Cl3N5O4S. The van der Waals surface area contributed by atoms with E-state index < -0.39 is 0 Å². The number of hydrogen-bond donors (Lipinski definition) is 2. The Morgan fingerprint density at radius 1 is 1.17 bits per heavy atom. The Hall–Kier alpha value is -2.66. The molecule has 222 valence electrons. The van der Waals surface area contributed by atoms with Crippen molar-refractivity contribution < 1.29 is 19.2 Å². The number of hydrogen-bond acceptors (Lipinski definition) is 6. The SMILES string of the molecule is C=CCCl.CC1(C)CC1C(=O)N1CC2(CCN(C(=O)c3cncs3)C2)C1.O=CNNC(=O)Cc1ccc(Cl)c(Cl)c1. The number of nitrogens with one attached hydrogen (secondary N) is 2. The molecule has 13 heteroatoms. The molecule has 1 atom stereocenters. The van der Waals surface area contributed by atoms with E-state index in [9.17, 15) is 19.2 Å². The van der Waals surface area contributed by atoms with Crippen LogP contribution in [0.4, 0.5) is 0 Å². The van der Waals surface area contributed by atoms with Gasteiger partial charge in [-0.25, -0.2) is 0 Å². The third-order valence-electron chi connectivity index (χ3n) is 7.27. The molecule has 1 aromatic carbocycles. The van der Waals surface area contributed by atoms with Crippen molar-refractivity contribution in [2.24, 2.45) is 16.7 Å². The van der Waals surface area contributed by atoms with Gasteiger partial charge in [0.25, 0.3) is 5.91 Å². The molecule has 3 heterocycles. The Balaban J connectivity index is 0.000000212. The zero-order chi connectivity index (χ0) is 30.2. The van der Waals surface area contributed by atoms with Crippen LogP contribution in [-0.2, 0) is 20.8 Å². The van der Waals surface area contributed by atoms with Gasteiger partial charge in [-0.3, -0.25) is 35.0 Å². The summed E-state index contributed by atoms with van der Waals surface area (Å²) in [5, 5.41) is 0.831. The fourth-order valence-electron chi connectivity index (χ4n) is 4.86. The molecule has 2 N–H and O–H groups in total. The first-order chi connectivity index (χ1) is 19.4. The first kappa shape index (κ1) is 32.8. The zero-order valence-electron chi connectivity index (χ0n) is 23.0. The molecule has 0 radical (unpaired) electrons. The highest BCUT2D eigenvalue weighted by Gasteiger charge is 2.57. The van der Waals surface area contributed by atoms with Crippen LogP contribution in [-0.4, -0.2) is 71.0 Å². The minimum absolute atomic E-state index is 0.0903. The number of carbonyl (C=O) groups excluding carboxylic acids is 4. The highest BCUT2D eigenvalue weighted by atomic mass is 35.5. The molecule has 2 aliphatic heterocycles. The van der Waals surface area contributed by atoms with E-state index in [-0.39, 0.29) is 35.0 Å². The van der Waals surface area contributed by atoms with Gasteiger partial charge in [-0.1, -0.05) is 49.2 Å². The first-order valence-corrected chi connectivity index (χ1v) is 15.2. The Kier molecular flexibility index (Phi) is 11.6. The minimum Gasteiger partial charge on any atom is -0.341 e. The van der Waals surface area contributed by atoms with Crippen LogP contribution in [0.2, 0.25) is 10.0 Å².